The van der Waals surface area contributed by atoms with Crippen LogP contribution in [0.15, 0.2) is 72.0 Å². The third kappa shape index (κ3) is 2.92. The van der Waals surface area contributed by atoms with E-state index in [-0.39, 0.29) is 5.91 Å². The molecule has 0 unspecified atom stereocenters. The number of benzene rings is 2. The molecule has 2 aromatic heterocycles. The Kier molecular flexibility index (Phi) is 3.84. The van der Waals surface area contributed by atoms with Crippen LogP contribution in [0.25, 0.3) is 22.0 Å². The zero-order chi connectivity index (χ0) is 17.1. The van der Waals surface area contributed by atoms with E-state index >= 15 is 0 Å². The first kappa shape index (κ1) is 14.9. The summed E-state index contributed by atoms with van der Waals surface area (Å²) >= 11 is 0. The van der Waals surface area contributed by atoms with Gasteiger partial charge in [-0.05, 0) is 17.7 Å². The van der Waals surface area contributed by atoms with Crippen molar-refractivity contribution < 1.29 is 4.79 Å². The highest BCUT2D eigenvalue weighted by atomic mass is 16.2. The predicted molar refractivity (Wildman–Crippen MR) is 97.4 cm³/mol. The first-order valence-electron chi connectivity index (χ1n) is 7.82. The molecule has 0 spiro atoms. The van der Waals surface area contributed by atoms with Crippen molar-refractivity contribution in [2.45, 2.75) is 0 Å². The molecule has 0 bridgehead atoms. The zero-order valence-electron chi connectivity index (χ0n) is 13.2. The van der Waals surface area contributed by atoms with Crippen molar-refractivity contribution in [2.24, 2.45) is 5.10 Å². The van der Waals surface area contributed by atoms with Crippen LogP contribution in [0, 0.1) is 0 Å². The van der Waals surface area contributed by atoms with Crippen LogP contribution in [0.4, 0.5) is 0 Å². The molecular formula is C19H15N5O. The van der Waals surface area contributed by atoms with Gasteiger partial charge in [0, 0.05) is 22.7 Å². The van der Waals surface area contributed by atoms with Gasteiger partial charge in [-0.15, -0.1) is 0 Å². The molecule has 3 N–H and O–H groups in total. The molecule has 0 atom stereocenters. The molecule has 0 saturated heterocycles. The minimum absolute atomic E-state index is 0.300. The van der Waals surface area contributed by atoms with E-state index in [1.165, 1.54) is 6.21 Å². The van der Waals surface area contributed by atoms with E-state index < -0.39 is 0 Å². The Labute approximate surface area is 143 Å². The minimum atomic E-state index is -0.300. The van der Waals surface area contributed by atoms with Crippen molar-refractivity contribution in [3.63, 3.8) is 0 Å². The van der Waals surface area contributed by atoms with Gasteiger partial charge in [-0.1, -0.05) is 48.5 Å². The number of hydrogen-bond donors (Lipinski definition) is 3. The first-order chi connectivity index (χ1) is 12.3. The number of carbonyl (C=O) groups excluding carboxylic acids is 1. The van der Waals surface area contributed by atoms with E-state index in [0.29, 0.717) is 11.4 Å². The molecule has 4 rings (SSSR count). The van der Waals surface area contributed by atoms with Crippen LogP contribution in [-0.4, -0.2) is 27.3 Å². The molecule has 4 aromatic rings. The molecule has 2 aromatic carbocycles. The highest BCUT2D eigenvalue weighted by molar-refractivity contribution is 6.09. The van der Waals surface area contributed by atoms with Crippen LogP contribution < -0.4 is 5.43 Å². The van der Waals surface area contributed by atoms with Crippen molar-refractivity contribution in [1.29, 1.82) is 0 Å². The molecular weight excluding hydrogens is 314 g/mol. The molecule has 0 fully saturated rings. The van der Waals surface area contributed by atoms with E-state index in [1.807, 2.05) is 54.6 Å². The summed E-state index contributed by atoms with van der Waals surface area (Å²) in [7, 11) is 0. The average Bonchev–Trinajstić information content (AvgIpc) is 3.30. The lowest BCUT2D eigenvalue weighted by Crippen LogP contribution is -2.18. The topological polar surface area (TPSA) is 85.9 Å². The second kappa shape index (κ2) is 6.45. The molecule has 6 heteroatoms. The molecule has 0 saturated carbocycles. The zero-order valence-corrected chi connectivity index (χ0v) is 13.2. The van der Waals surface area contributed by atoms with Crippen molar-refractivity contribution in [3.05, 3.63) is 78.2 Å². The van der Waals surface area contributed by atoms with E-state index in [2.05, 4.69) is 25.7 Å². The van der Waals surface area contributed by atoms with Gasteiger partial charge in [0.2, 0.25) is 0 Å². The Hall–Kier alpha value is -3.67. The number of carbonyl (C=O) groups is 1. The molecule has 0 aliphatic carbocycles. The van der Waals surface area contributed by atoms with Crippen LogP contribution in [0.5, 0.6) is 0 Å². The summed E-state index contributed by atoms with van der Waals surface area (Å²) < 4.78 is 0. The van der Waals surface area contributed by atoms with Gasteiger partial charge in [-0.2, -0.15) is 10.2 Å². The standard InChI is InChI=1S/C19H15N5O/c25-19(24-21-12-14-10-11-20-23-14)18-17(13-6-2-1-3-7-13)15-8-4-5-9-16(15)22-18/h1-12,22H,(H,20,23)(H,24,25)/b21-12+. The van der Waals surface area contributed by atoms with E-state index in [4.69, 9.17) is 0 Å². The molecule has 1 amide bonds. The number of rotatable bonds is 4. The number of para-hydroxylation sites is 1. The summed E-state index contributed by atoms with van der Waals surface area (Å²) in [5.41, 5.74) is 6.50. The largest absolute Gasteiger partial charge is 0.350 e. The Morgan fingerprint density at radius 3 is 2.64 bits per heavy atom. The van der Waals surface area contributed by atoms with Gasteiger partial charge < -0.3 is 4.98 Å². The molecule has 0 aliphatic heterocycles. The van der Waals surface area contributed by atoms with Crippen molar-refractivity contribution in [3.8, 4) is 11.1 Å². The Balaban J connectivity index is 1.72. The number of H-pyrrole nitrogens is 2. The summed E-state index contributed by atoms with van der Waals surface area (Å²) in [6.45, 7) is 0. The molecule has 25 heavy (non-hydrogen) atoms. The Morgan fingerprint density at radius 2 is 1.84 bits per heavy atom. The molecule has 122 valence electrons. The van der Waals surface area contributed by atoms with Gasteiger partial charge in [-0.25, -0.2) is 5.43 Å². The number of aromatic amines is 2. The normalized spacial score (nSPS) is 11.2. The molecule has 0 aliphatic rings. The van der Waals surface area contributed by atoms with Crippen LogP contribution in [0.2, 0.25) is 0 Å². The summed E-state index contributed by atoms with van der Waals surface area (Å²) in [4.78, 5) is 15.9. The van der Waals surface area contributed by atoms with Gasteiger partial charge >= 0.3 is 0 Å². The minimum Gasteiger partial charge on any atom is -0.350 e. The lowest BCUT2D eigenvalue weighted by molar-refractivity contribution is 0.0951. The fourth-order valence-electron chi connectivity index (χ4n) is 2.77. The van der Waals surface area contributed by atoms with Crippen LogP contribution in [0.1, 0.15) is 16.2 Å². The van der Waals surface area contributed by atoms with Gasteiger partial charge in [-0.3, -0.25) is 9.89 Å². The quantitative estimate of drug-likeness (QED) is 0.396. The van der Waals surface area contributed by atoms with Gasteiger partial charge in [0.25, 0.3) is 5.91 Å². The Morgan fingerprint density at radius 1 is 1.04 bits per heavy atom. The van der Waals surface area contributed by atoms with Gasteiger partial charge in [0.1, 0.15) is 5.69 Å². The highest BCUT2D eigenvalue weighted by Crippen LogP contribution is 2.32. The number of fused-ring (bicyclic) bond motifs is 1. The lowest BCUT2D eigenvalue weighted by Gasteiger charge is -2.04. The van der Waals surface area contributed by atoms with Crippen molar-refractivity contribution >= 4 is 23.0 Å². The summed E-state index contributed by atoms with van der Waals surface area (Å²) in [6.07, 6.45) is 3.13. The van der Waals surface area contributed by atoms with Crippen LogP contribution >= 0.6 is 0 Å². The number of hydrazone groups is 1. The highest BCUT2D eigenvalue weighted by Gasteiger charge is 2.18. The summed E-state index contributed by atoms with van der Waals surface area (Å²) in [5, 5.41) is 11.6. The predicted octanol–water partition coefficient (Wildman–Crippen LogP) is 3.32. The average molecular weight is 329 g/mol. The second-order valence-corrected chi connectivity index (χ2v) is 5.50. The lowest BCUT2D eigenvalue weighted by atomic mass is 10.0. The monoisotopic (exact) mass is 329 g/mol. The van der Waals surface area contributed by atoms with Crippen molar-refractivity contribution in [1.82, 2.24) is 20.6 Å². The number of amides is 1. The van der Waals surface area contributed by atoms with E-state index in [0.717, 1.165) is 22.0 Å². The van der Waals surface area contributed by atoms with E-state index in [1.54, 1.807) is 12.3 Å². The Bertz CT molecular complexity index is 1030. The number of hydrogen-bond acceptors (Lipinski definition) is 3. The van der Waals surface area contributed by atoms with Gasteiger partial charge in [0.15, 0.2) is 0 Å². The molecule has 0 radical (unpaired) electrons. The SMILES string of the molecule is O=C(N/N=C/c1ccn[nH]1)c1[nH]c2ccccc2c1-c1ccccc1. The molecule has 2 heterocycles. The first-order valence-corrected chi connectivity index (χ1v) is 7.82. The maximum atomic E-state index is 12.7. The number of aromatic nitrogens is 3. The fourth-order valence-corrected chi connectivity index (χ4v) is 2.77. The third-order valence-electron chi connectivity index (χ3n) is 3.89. The number of nitrogens with one attached hydrogen (secondary N) is 3. The van der Waals surface area contributed by atoms with E-state index in [9.17, 15) is 4.79 Å². The maximum absolute atomic E-state index is 12.7. The fraction of sp³-hybridized carbons (Fsp3) is 0. The molecule has 6 nitrogen and oxygen atoms in total. The summed E-state index contributed by atoms with van der Waals surface area (Å²) in [6, 6.07) is 19.4. The van der Waals surface area contributed by atoms with Crippen LogP contribution in [-0.2, 0) is 0 Å². The number of nitrogens with zero attached hydrogens (tertiary/aromatic N) is 2. The van der Waals surface area contributed by atoms with Crippen molar-refractivity contribution in [2.75, 3.05) is 0 Å². The second-order valence-electron chi connectivity index (χ2n) is 5.50. The van der Waals surface area contributed by atoms with Crippen LogP contribution in [0.3, 0.4) is 0 Å². The smallest absolute Gasteiger partial charge is 0.288 e. The third-order valence-corrected chi connectivity index (χ3v) is 3.89. The van der Waals surface area contributed by atoms with Gasteiger partial charge in [0.05, 0.1) is 11.9 Å². The summed E-state index contributed by atoms with van der Waals surface area (Å²) in [5.74, 6) is -0.300. The maximum Gasteiger partial charge on any atom is 0.288 e.